The van der Waals surface area contributed by atoms with Crippen molar-refractivity contribution < 1.29 is 47.9 Å². The van der Waals surface area contributed by atoms with Gasteiger partial charge >= 0.3 is 0 Å². The lowest BCUT2D eigenvalue weighted by atomic mass is 10.1. The van der Waals surface area contributed by atoms with Crippen molar-refractivity contribution in [2.24, 2.45) is 11.5 Å². The van der Waals surface area contributed by atoms with Crippen LogP contribution in [-0.4, -0.2) is 132 Å². The number of unbranched alkanes of at least 4 members (excludes halogenated alkanes) is 3. The maximum Gasteiger partial charge on any atom is 0.244 e. The van der Waals surface area contributed by atoms with Crippen molar-refractivity contribution in [2.45, 2.75) is 127 Å². The zero-order chi connectivity index (χ0) is 42.9. The number of rotatable bonds is 29. The maximum atomic E-state index is 13.1. The highest BCUT2D eigenvalue weighted by atomic mass is 32.2. The van der Waals surface area contributed by atoms with Crippen LogP contribution >= 0.6 is 11.8 Å². The summed E-state index contributed by atoms with van der Waals surface area (Å²) in [5.41, 5.74) is 11.1. The molecule has 322 valence electrons. The second-order valence-electron chi connectivity index (χ2n) is 13.6. The van der Waals surface area contributed by atoms with Gasteiger partial charge in [0.25, 0.3) is 0 Å². The van der Waals surface area contributed by atoms with E-state index < -0.39 is 82.6 Å². The zero-order valence-corrected chi connectivity index (χ0v) is 34.3. The Morgan fingerprint density at radius 3 is 1.77 bits per heavy atom. The molecule has 0 spiro atoms. The van der Waals surface area contributed by atoms with Gasteiger partial charge in [0.1, 0.15) is 24.2 Å². The van der Waals surface area contributed by atoms with E-state index in [0.29, 0.717) is 64.5 Å². The Hall–Kier alpha value is -4.79. The Morgan fingerprint density at radius 2 is 1.23 bits per heavy atom. The summed E-state index contributed by atoms with van der Waals surface area (Å²) in [5.74, 6) is -4.82. The minimum absolute atomic E-state index is 0.0516. The first-order chi connectivity index (χ1) is 27.0. The Labute approximate surface area is 338 Å². The highest BCUT2D eigenvalue weighted by Gasteiger charge is 2.40. The van der Waals surface area contributed by atoms with E-state index in [-0.39, 0.29) is 50.4 Å². The van der Waals surface area contributed by atoms with E-state index in [1.807, 2.05) is 0 Å². The van der Waals surface area contributed by atoms with Gasteiger partial charge in [0, 0.05) is 65.5 Å². The van der Waals surface area contributed by atoms with E-state index >= 15 is 0 Å². The molecule has 0 aromatic carbocycles. The molecule has 0 saturated carbocycles. The van der Waals surface area contributed by atoms with Gasteiger partial charge in [-0.05, 0) is 64.3 Å². The molecular weight excluding hydrogens is 765 g/mol. The third-order valence-corrected chi connectivity index (χ3v) is 10.2. The van der Waals surface area contributed by atoms with Crippen molar-refractivity contribution in [3.05, 3.63) is 0 Å². The van der Waals surface area contributed by atoms with E-state index in [0.717, 1.165) is 16.7 Å². The molecule has 11 N–H and O–H groups in total. The van der Waals surface area contributed by atoms with Gasteiger partial charge in [-0.1, -0.05) is 6.92 Å². The third kappa shape index (κ3) is 20.3. The van der Waals surface area contributed by atoms with Gasteiger partial charge in [-0.25, -0.2) is 0 Å². The number of hydrogen-bond donors (Lipinski definition) is 9. The standard InChI is InChI=1S/C36H62N10O10S/c1-5-29(49)40-17-11-8-14-26(42-22(2)47)34(54)44-24(32(38)52)12-7-10-18-41-30(50)15-19-46-31(51)20-28(36(46)56)57-21-27(43-23(3)48)35(55)45-25(33(53)39-4)13-6-9-16-37/h24-28H,5-21,37H2,1-4H3,(H2,38,52)(H,39,53)(H,40,49)(H,41,50)(H,42,47)(H,43,48)(H,44,54)(H,45,55). The number of likely N-dealkylation sites (tertiary alicyclic amines) is 1. The SMILES string of the molecule is CCC(=O)NCCCCC(NC(C)=O)C(=O)NC(CCCCNC(=O)CCN1C(=O)CC(SCC(NC(C)=O)C(=O)NC(CCCCN)C(=O)NC)C1=O)C(N)=O. The van der Waals surface area contributed by atoms with Crippen molar-refractivity contribution in [3.63, 3.8) is 0 Å². The molecule has 1 heterocycles. The smallest absolute Gasteiger partial charge is 0.244 e. The molecule has 5 atom stereocenters. The van der Waals surface area contributed by atoms with E-state index in [1.165, 1.54) is 20.9 Å². The summed E-state index contributed by atoms with van der Waals surface area (Å²) in [6, 6.07) is -3.85. The minimum atomic E-state index is -1.09. The van der Waals surface area contributed by atoms with E-state index in [4.69, 9.17) is 11.5 Å². The van der Waals surface area contributed by atoms with Crippen molar-refractivity contribution in [3.8, 4) is 0 Å². The van der Waals surface area contributed by atoms with Crippen LogP contribution in [0.2, 0.25) is 0 Å². The van der Waals surface area contributed by atoms with Gasteiger partial charge in [-0.3, -0.25) is 52.8 Å². The summed E-state index contributed by atoms with van der Waals surface area (Å²) >= 11 is 1.02. The molecule has 57 heavy (non-hydrogen) atoms. The number of likely N-dealkylation sites (N-methyl/N-ethyl adjacent to an activating group) is 1. The number of primary amides is 1. The second-order valence-corrected chi connectivity index (χ2v) is 14.9. The first-order valence-electron chi connectivity index (χ1n) is 19.4. The molecule has 10 amide bonds. The lowest BCUT2D eigenvalue weighted by molar-refractivity contribution is -0.139. The van der Waals surface area contributed by atoms with Gasteiger partial charge in [0.2, 0.25) is 59.1 Å². The summed E-state index contributed by atoms with van der Waals surface area (Å²) < 4.78 is 0. The molecule has 0 aromatic heterocycles. The number of nitrogens with one attached hydrogen (secondary N) is 7. The fourth-order valence-electron chi connectivity index (χ4n) is 5.77. The monoisotopic (exact) mass is 826 g/mol. The predicted molar refractivity (Wildman–Crippen MR) is 211 cm³/mol. The molecule has 1 rings (SSSR count). The highest BCUT2D eigenvalue weighted by molar-refractivity contribution is 8.00. The molecule has 5 unspecified atom stereocenters. The van der Waals surface area contributed by atoms with E-state index in [9.17, 15) is 47.9 Å². The summed E-state index contributed by atoms with van der Waals surface area (Å²) in [7, 11) is 1.44. The minimum Gasteiger partial charge on any atom is -0.368 e. The number of thioether (sulfide) groups is 1. The summed E-state index contributed by atoms with van der Waals surface area (Å²) in [4.78, 5) is 125. The van der Waals surface area contributed by atoms with Gasteiger partial charge < -0.3 is 48.7 Å². The number of amides is 10. The Balaban J connectivity index is 2.57. The zero-order valence-electron chi connectivity index (χ0n) is 33.5. The van der Waals surface area contributed by atoms with E-state index in [2.05, 4.69) is 37.2 Å². The van der Waals surface area contributed by atoms with Crippen molar-refractivity contribution in [1.29, 1.82) is 0 Å². The number of imide groups is 1. The molecule has 0 aliphatic carbocycles. The van der Waals surface area contributed by atoms with Crippen LogP contribution in [0, 0.1) is 0 Å². The molecule has 20 nitrogen and oxygen atoms in total. The molecule has 1 aliphatic rings. The predicted octanol–water partition coefficient (Wildman–Crippen LogP) is -2.44. The molecule has 0 bridgehead atoms. The number of nitrogens with zero attached hydrogens (tertiary/aromatic N) is 1. The lowest BCUT2D eigenvalue weighted by Gasteiger charge is -2.23. The molecule has 0 aromatic rings. The van der Waals surface area contributed by atoms with Crippen LogP contribution in [0.25, 0.3) is 0 Å². The van der Waals surface area contributed by atoms with Crippen LogP contribution in [0.5, 0.6) is 0 Å². The first-order valence-corrected chi connectivity index (χ1v) is 20.4. The first kappa shape index (κ1) is 50.2. The third-order valence-electron chi connectivity index (χ3n) is 8.91. The fourth-order valence-corrected chi connectivity index (χ4v) is 6.96. The summed E-state index contributed by atoms with van der Waals surface area (Å²) in [6.45, 7) is 5.15. The number of hydrogen-bond acceptors (Lipinski definition) is 12. The topological polar surface area (TPSA) is 310 Å². The Morgan fingerprint density at radius 1 is 0.719 bits per heavy atom. The second kappa shape index (κ2) is 27.7. The van der Waals surface area contributed by atoms with Crippen LogP contribution in [0.4, 0.5) is 0 Å². The Kier molecular flexibility index (Phi) is 24.5. The molecular formula is C36H62N10O10S. The van der Waals surface area contributed by atoms with Crippen LogP contribution in [0.15, 0.2) is 0 Å². The van der Waals surface area contributed by atoms with Crippen LogP contribution < -0.4 is 48.7 Å². The van der Waals surface area contributed by atoms with Crippen LogP contribution in [0.3, 0.4) is 0 Å². The van der Waals surface area contributed by atoms with Gasteiger partial charge in [-0.15, -0.1) is 11.8 Å². The van der Waals surface area contributed by atoms with Crippen molar-refractivity contribution in [1.82, 2.24) is 42.1 Å². The number of nitrogens with two attached hydrogens (primary N) is 2. The van der Waals surface area contributed by atoms with E-state index in [1.54, 1.807) is 6.92 Å². The fraction of sp³-hybridized carbons (Fsp3) is 0.722. The number of carbonyl (C=O) groups excluding carboxylic acids is 10. The average molecular weight is 827 g/mol. The largest absolute Gasteiger partial charge is 0.368 e. The maximum absolute atomic E-state index is 13.1. The molecule has 21 heteroatoms. The van der Waals surface area contributed by atoms with Crippen LogP contribution in [0.1, 0.15) is 97.8 Å². The lowest BCUT2D eigenvalue weighted by Crippen LogP contribution is -2.54. The Bertz CT molecular complexity index is 1420. The van der Waals surface area contributed by atoms with Crippen molar-refractivity contribution in [2.75, 3.05) is 39.0 Å². The summed E-state index contributed by atoms with van der Waals surface area (Å²) in [5, 5.41) is 17.4. The van der Waals surface area contributed by atoms with Crippen molar-refractivity contribution >= 4 is 70.8 Å². The molecule has 1 fully saturated rings. The molecule has 0 radical (unpaired) electrons. The van der Waals surface area contributed by atoms with Gasteiger partial charge in [-0.2, -0.15) is 0 Å². The summed E-state index contributed by atoms with van der Waals surface area (Å²) in [6.07, 6.45) is 4.04. The number of carbonyl (C=O) groups is 10. The highest BCUT2D eigenvalue weighted by Crippen LogP contribution is 2.26. The van der Waals surface area contributed by atoms with Gasteiger partial charge in [0.15, 0.2) is 0 Å². The average Bonchev–Trinajstić information content (AvgIpc) is 3.43. The normalized spacial score (nSPS) is 15.7. The molecule has 1 saturated heterocycles. The van der Waals surface area contributed by atoms with Crippen LogP contribution in [-0.2, 0) is 47.9 Å². The van der Waals surface area contributed by atoms with Gasteiger partial charge in [0.05, 0.1) is 5.25 Å². The molecule has 1 aliphatic heterocycles. The quantitative estimate of drug-likeness (QED) is 0.0281.